The molecular weight excluding hydrogens is 532 g/mol. The van der Waals surface area contributed by atoms with Crippen LogP contribution >= 0.6 is 0 Å². The number of carbonyl (C=O) groups is 2. The van der Waals surface area contributed by atoms with Crippen molar-refractivity contribution < 1.29 is 28.5 Å². The molecule has 0 bridgehead atoms. The number of ether oxygens (including phenoxy) is 4. The molecule has 0 amide bonds. The minimum absolute atomic E-state index is 0.197. The Kier molecular flexibility index (Phi) is 11.4. The summed E-state index contributed by atoms with van der Waals surface area (Å²) in [6, 6.07) is 21.3. The summed E-state index contributed by atoms with van der Waals surface area (Å²) in [4.78, 5) is 31.7. The number of aliphatic imine (C=N–C) groups is 2. The predicted octanol–water partition coefficient (Wildman–Crippen LogP) is 6.97. The molecule has 0 spiro atoms. The topological polar surface area (TPSA) is 95.8 Å². The van der Waals surface area contributed by atoms with Gasteiger partial charge in [0.1, 0.15) is 11.5 Å². The number of hydrogen-bond donors (Lipinski definition) is 0. The Bertz CT molecular complexity index is 1560. The van der Waals surface area contributed by atoms with Gasteiger partial charge in [-0.3, -0.25) is 9.98 Å². The van der Waals surface area contributed by atoms with E-state index in [4.69, 9.17) is 18.9 Å². The highest BCUT2D eigenvalue weighted by molar-refractivity contribution is 5.86. The average Bonchev–Trinajstić information content (AvgIpc) is 3.01. The minimum atomic E-state index is -0.688. The van der Waals surface area contributed by atoms with E-state index in [1.807, 2.05) is 24.3 Å². The maximum Gasteiger partial charge on any atom is 0.349 e. The van der Waals surface area contributed by atoms with Crippen LogP contribution in [-0.2, 0) is 19.1 Å². The number of nitrogens with zero attached hydrogens (tertiary/aromatic N) is 2. The van der Waals surface area contributed by atoms with Gasteiger partial charge in [0, 0.05) is 36.0 Å². The van der Waals surface area contributed by atoms with Gasteiger partial charge >= 0.3 is 23.8 Å². The highest BCUT2D eigenvalue weighted by atomic mass is 16.7. The summed E-state index contributed by atoms with van der Waals surface area (Å²) < 4.78 is 20.8. The second kappa shape index (κ2) is 15.9. The molecule has 0 atom stereocenters. The zero-order valence-electron chi connectivity index (χ0n) is 22.4. The number of carbonyl (C=O) groups excluding carboxylic acids is 2. The Hall–Kier alpha value is -6.38. The largest absolute Gasteiger partial charge is 0.419 e. The maximum absolute atomic E-state index is 11.4. The van der Waals surface area contributed by atoms with E-state index in [9.17, 15) is 9.59 Å². The quantitative estimate of drug-likeness (QED) is 0.0786. The molecule has 0 fully saturated rings. The van der Waals surface area contributed by atoms with Crippen LogP contribution in [0, 0.1) is 0 Å². The lowest BCUT2D eigenvalue weighted by atomic mass is 10.1. The molecule has 0 unspecified atom stereocenters. The van der Waals surface area contributed by atoms with Crippen molar-refractivity contribution in [2.45, 2.75) is 0 Å². The second-order valence-electron chi connectivity index (χ2n) is 7.80. The highest BCUT2D eigenvalue weighted by Crippen LogP contribution is 2.21. The normalized spacial score (nSPS) is 9.90. The third-order valence-electron chi connectivity index (χ3n) is 4.86. The second-order valence-corrected chi connectivity index (χ2v) is 7.80. The van der Waals surface area contributed by atoms with Crippen molar-refractivity contribution in [1.29, 1.82) is 0 Å². The van der Waals surface area contributed by atoms with Crippen LogP contribution in [0.25, 0.3) is 0 Å². The standard InChI is InChI=1S/C34H24N2O6/c1-5-9-33(41-31(37)7-3)39-29-19-15-27(16-20-29)35-23-25-11-13-26(14-12-25)24-36-28-17-21-30(22-18-28)40-34(10-6-2)42-32(38)8-4/h7-8,11-24H,1-4H2. The molecule has 0 aromatic heterocycles. The summed E-state index contributed by atoms with van der Waals surface area (Å²) in [6.07, 6.45) is 5.47. The summed E-state index contributed by atoms with van der Waals surface area (Å²) in [5.74, 6) is -0.947. The van der Waals surface area contributed by atoms with Crippen molar-refractivity contribution in [2.24, 2.45) is 9.98 Å². The summed E-state index contributed by atoms with van der Waals surface area (Å²) in [5, 5.41) is 0. The Balaban J connectivity index is 1.58. The number of rotatable bonds is 12. The van der Waals surface area contributed by atoms with Crippen molar-refractivity contribution in [3.63, 3.8) is 0 Å². The van der Waals surface area contributed by atoms with E-state index in [1.54, 1.807) is 61.0 Å². The maximum atomic E-state index is 11.4. The number of esters is 2. The first-order chi connectivity index (χ1) is 20.4. The van der Waals surface area contributed by atoms with Crippen molar-refractivity contribution >= 4 is 35.7 Å². The molecule has 3 rings (SSSR count). The average molecular weight is 557 g/mol. The minimum Gasteiger partial charge on any atom is -0.419 e. The molecule has 42 heavy (non-hydrogen) atoms. The molecule has 3 aromatic rings. The van der Waals surface area contributed by atoms with E-state index in [2.05, 4.69) is 59.2 Å². The van der Waals surface area contributed by atoms with Crippen LogP contribution < -0.4 is 9.47 Å². The Labute approximate surface area is 242 Å². The molecule has 0 aliphatic heterocycles. The molecule has 0 N–H and O–H groups in total. The lowest BCUT2D eigenvalue weighted by Gasteiger charge is -2.06. The Morgan fingerprint density at radius 1 is 0.595 bits per heavy atom. The van der Waals surface area contributed by atoms with Gasteiger partial charge in [0.05, 0.1) is 11.4 Å². The fourth-order valence-electron chi connectivity index (χ4n) is 2.93. The van der Waals surface area contributed by atoms with Crippen LogP contribution in [0.2, 0.25) is 0 Å². The summed E-state index contributed by atoms with van der Waals surface area (Å²) >= 11 is 0. The van der Waals surface area contributed by atoms with Crippen molar-refractivity contribution in [1.82, 2.24) is 0 Å². The Morgan fingerprint density at radius 3 is 1.26 bits per heavy atom. The first-order valence-electron chi connectivity index (χ1n) is 12.1. The SMILES string of the molecule is C=C=C=C(OC(=O)C=C)Oc1ccc(N=Cc2ccc(C=Nc3ccc(OC(=C=C=C)OC(=O)C=C)cc3)cc2)cc1. The van der Waals surface area contributed by atoms with Gasteiger partial charge in [-0.25, -0.2) is 9.59 Å². The van der Waals surface area contributed by atoms with Gasteiger partial charge in [0.15, 0.2) is 0 Å². The lowest BCUT2D eigenvalue weighted by molar-refractivity contribution is -0.137. The van der Waals surface area contributed by atoms with Crippen LogP contribution in [0.4, 0.5) is 11.4 Å². The van der Waals surface area contributed by atoms with Crippen molar-refractivity contribution in [3.8, 4) is 11.5 Å². The molecule has 0 aliphatic carbocycles. The van der Waals surface area contributed by atoms with E-state index in [0.717, 1.165) is 23.3 Å². The number of hydrogen-bond acceptors (Lipinski definition) is 8. The number of benzene rings is 3. The van der Waals surface area contributed by atoms with Gasteiger partial charge < -0.3 is 18.9 Å². The van der Waals surface area contributed by atoms with E-state index in [1.165, 1.54) is 0 Å². The smallest absolute Gasteiger partial charge is 0.349 e. The molecular formula is C34H24N2O6. The van der Waals surface area contributed by atoms with Gasteiger partial charge in [-0.05, 0) is 72.8 Å². The monoisotopic (exact) mass is 556 g/mol. The van der Waals surface area contributed by atoms with Crippen molar-refractivity contribution in [2.75, 3.05) is 0 Å². The molecule has 0 heterocycles. The van der Waals surface area contributed by atoms with Gasteiger partial charge in [-0.15, -0.1) is 0 Å². The summed E-state index contributed by atoms with van der Waals surface area (Å²) in [7, 11) is 0. The van der Waals surface area contributed by atoms with E-state index < -0.39 is 11.9 Å². The molecule has 0 radical (unpaired) electrons. The van der Waals surface area contributed by atoms with Crippen molar-refractivity contribution in [3.05, 3.63) is 157 Å². The summed E-state index contributed by atoms with van der Waals surface area (Å²) in [6.45, 7) is 13.5. The van der Waals surface area contributed by atoms with Crippen LogP contribution in [0.5, 0.6) is 11.5 Å². The van der Waals surface area contributed by atoms with Crippen LogP contribution in [-0.4, -0.2) is 24.4 Å². The molecule has 0 aliphatic rings. The van der Waals surface area contributed by atoms with Crippen LogP contribution in [0.3, 0.4) is 0 Å². The molecule has 3 aromatic carbocycles. The molecule has 8 heteroatoms. The van der Waals surface area contributed by atoms with E-state index in [-0.39, 0.29) is 11.9 Å². The first kappa shape index (κ1) is 30.2. The third-order valence-corrected chi connectivity index (χ3v) is 4.86. The predicted molar refractivity (Wildman–Crippen MR) is 160 cm³/mol. The first-order valence-corrected chi connectivity index (χ1v) is 12.1. The van der Waals surface area contributed by atoms with E-state index >= 15 is 0 Å². The summed E-state index contributed by atoms with van der Waals surface area (Å²) in [5.41, 5.74) is 12.9. The van der Waals surface area contributed by atoms with Gasteiger partial charge in [-0.2, -0.15) is 0 Å². The molecule has 206 valence electrons. The van der Waals surface area contributed by atoms with Gasteiger partial charge in [0.2, 0.25) is 0 Å². The molecule has 8 nitrogen and oxygen atoms in total. The molecule has 0 saturated heterocycles. The fourth-order valence-corrected chi connectivity index (χ4v) is 2.93. The van der Waals surface area contributed by atoms with Gasteiger partial charge in [-0.1, -0.05) is 48.9 Å². The zero-order chi connectivity index (χ0) is 30.2. The Morgan fingerprint density at radius 2 is 0.952 bits per heavy atom. The lowest BCUT2D eigenvalue weighted by Crippen LogP contribution is -2.05. The van der Waals surface area contributed by atoms with Crippen LogP contribution in [0.1, 0.15) is 11.1 Å². The fraction of sp³-hybridized carbons (Fsp3) is 0. The highest BCUT2D eigenvalue weighted by Gasteiger charge is 2.07. The van der Waals surface area contributed by atoms with Gasteiger partial charge in [0.25, 0.3) is 0 Å². The third kappa shape index (κ3) is 10.1. The zero-order valence-corrected chi connectivity index (χ0v) is 22.4. The van der Waals surface area contributed by atoms with E-state index in [0.29, 0.717) is 22.9 Å². The molecule has 0 saturated carbocycles. The van der Waals surface area contributed by atoms with Crippen LogP contribution in [0.15, 0.2) is 156 Å².